The van der Waals surface area contributed by atoms with E-state index >= 15 is 0 Å². The van der Waals surface area contributed by atoms with Crippen LogP contribution in [0.25, 0.3) is 93.2 Å². The van der Waals surface area contributed by atoms with E-state index < -0.39 is 0 Å². The van der Waals surface area contributed by atoms with Gasteiger partial charge in [-0.15, -0.1) is 0 Å². The average molecular weight is 662 g/mol. The molecule has 244 valence electrons. The van der Waals surface area contributed by atoms with Crippen molar-refractivity contribution in [2.24, 2.45) is 0 Å². The Morgan fingerprint density at radius 2 is 0.962 bits per heavy atom. The summed E-state index contributed by atoms with van der Waals surface area (Å²) in [4.78, 5) is 0. The Morgan fingerprint density at radius 3 is 1.73 bits per heavy atom. The molecule has 0 aliphatic heterocycles. The van der Waals surface area contributed by atoms with Gasteiger partial charge in [-0.1, -0.05) is 147 Å². The molecule has 0 saturated carbocycles. The summed E-state index contributed by atoms with van der Waals surface area (Å²) in [6.07, 6.45) is 0. The zero-order valence-electron chi connectivity index (χ0n) is 29.2. The molecule has 11 rings (SSSR count). The topological polar surface area (TPSA) is 4.93 Å². The highest BCUT2D eigenvalue weighted by Gasteiger charge is 2.36. The van der Waals surface area contributed by atoms with Gasteiger partial charge in [-0.25, -0.2) is 0 Å². The fourth-order valence-corrected chi connectivity index (χ4v) is 9.29. The summed E-state index contributed by atoms with van der Waals surface area (Å²) >= 11 is 0. The number of rotatable bonds is 3. The lowest BCUT2D eigenvalue weighted by atomic mass is 9.82. The van der Waals surface area contributed by atoms with Gasteiger partial charge in [0.05, 0.1) is 11.0 Å². The van der Waals surface area contributed by atoms with Gasteiger partial charge in [0, 0.05) is 21.9 Å². The summed E-state index contributed by atoms with van der Waals surface area (Å²) in [7, 11) is 0. The first-order valence-corrected chi connectivity index (χ1v) is 18.3. The van der Waals surface area contributed by atoms with Crippen LogP contribution in [-0.4, -0.2) is 4.57 Å². The van der Waals surface area contributed by atoms with Gasteiger partial charge in [-0.2, -0.15) is 0 Å². The smallest absolute Gasteiger partial charge is 0.0544 e. The van der Waals surface area contributed by atoms with Crippen LogP contribution < -0.4 is 0 Å². The number of fused-ring (bicyclic) bond motifs is 12. The highest BCUT2D eigenvalue weighted by Crippen LogP contribution is 2.51. The van der Waals surface area contributed by atoms with Gasteiger partial charge >= 0.3 is 0 Å². The van der Waals surface area contributed by atoms with E-state index in [0.717, 1.165) is 0 Å². The van der Waals surface area contributed by atoms with Crippen molar-refractivity contribution in [1.29, 1.82) is 0 Å². The number of para-hydroxylation sites is 1. The first kappa shape index (κ1) is 29.3. The van der Waals surface area contributed by atoms with Crippen molar-refractivity contribution in [3.05, 3.63) is 187 Å². The van der Waals surface area contributed by atoms with Crippen molar-refractivity contribution < 1.29 is 0 Å². The second-order valence-electron chi connectivity index (χ2n) is 14.9. The predicted molar refractivity (Wildman–Crippen MR) is 222 cm³/mol. The minimum absolute atomic E-state index is 0.0622. The van der Waals surface area contributed by atoms with Crippen molar-refractivity contribution in [3.8, 4) is 39.1 Å². The molecule has 0 atom stereocenters. The van der Waals surface area contributed by atoms with E-state index in [-0.39, 0.29) is 5.41 Å². The van der Waals surface area contributed by atoms with E-state index in [1.165, 1.54) is 104 Å². The molecule has 0 fully saturated rings. The Morgan fingerprint density at radius 1 is 0.346 bits per heavy atom. The number of nitrogens with zero attached hydrogens (tertiary/aromatic N) is 1. The molecule has 1 heteroatoms. The molecule has 0 amide bonds. The van der Waals surface area contributed by atoms with E-state index in [4.69, 9.17) is 0 Å². The quantitative estimate of drug-likeness (QED) is 0.166. The fraction of sp³-hybridized carbons (Fsp3) is 0.0588. The van der Waals surface area contributed by atoms with Gasteiger partial charge in [0.1, 0.15) is 0 Å². The highest BCUT2D eigenvalue weighted by atomic mass is 15.0. The second kappa shape index (κ2) is 10.8. The predicted octanol–water partition coefficient (Wildman–Crippen LogP) is 13.9. The molecule has 0 saturated heterocycles. The molecular formula is C51H35N. The third kappa shape index (κ3) is 4.05. The van der Waals surface area contributed by atoms with E-state index in [9.17, 15) is 0 Å². The number of aromatic nitrogens is 1. The summed E-state index contributed by atoms with van der Waals surface area (Å²) in [5, 5.41) is 10.3. The highest BCUT2D eigenvalue weighted by molar-refractivity contribution is 6.29. The lowest BCUT2D eigenvalue weighted by Crippen LogP contribution is -2.14. The molecular weight excluding hydrogens is 627 g/mol. The Balaban J connectivity index is 1.13. The normalized spacial score (nSPS) is 13.3. The Bertz CT molecular complexity index is 3070. The van der Waals surface area contributed by atoms with Gasteiger partial charge in [-0.05, 0) is 119 Å². The van der Waals surface area contributed by atoms with Crippen LogP contribution in [-0.2, 0) is 5.41 Å². The first-order valence-electron chi connectivity index (χ1n) is 18.3. The molecule has 52 heavy (non-hydrogen) atoms. The Kier molecular flexibility index (Phi) is 6.08. The van der Waals surface area contributed by atoms with Gasteiger partial charge in [0.15, 0.2) is 0 Å². The largest absolute Gasteiger partial charge is 0.309 e. The van der Waals surface area contributed by atoms with Gasteiger partial charge in [0.2, 0.25) is 0 Å². The number of benzene rings is 9. The number of hydrogen-bond acceptors (Lipinski definition) is 0. The van der Waals surface area contributed by atoms with Crippen LogP contribution in [0, 0.1) is 0 Å². The number of hydrogen-bond donors (Lipinski definition) is 0. The summed E-state index contributed by atoms with van der Waals surface area (Å²) in [5.74, 6) is 0. The first-order chi connectivity index (χ1) is 25.6. The summed E-state index contributed by atoms with van der Waals surface area (Å²) in [5.41, 5.74) is 14.0. The third-order valence-electron chi connectivity index (χ3n) is 11.8. The maximum Gasteiger partial charge on any atom is 0.0544 e. The molecule has 0 N–H and O–H groups in total. The van der Waals surface area contributed by atoms with Crippen LogP contribution in [0.15, 0.2) is 176 Å². The lowest BCUT2D eigenvalue weighted by Gasteiger charge is -2.21. The van der Waals surface area contributed by atoms with Crippen LogP contribution in [0.1, 0.15) is 25.0 Å². The van der Waals surface area contributed by atoms with Gasteiger partial charge in [-0.3, -0.25) is 0 Å². The standard InChI is InChI=1S/C51H35N/c1-51(2)46-22-12-10-19-39(46)43-30-44-40-20-11-13-23-48(40)52(49(44)31-47(43)51)35-26-24-32(25-27-35)34-28-42(33-14-4-3-5-15-33)50-41-21-9-8-17-37(41)36-16-6-7-18-38(36)45(50)29-34/h3-31H,1-2H3. The van der Waals surface area contributed by atoms with Crippen LogP contribution in [0.3, 0.4) is 0 Å². The molecule has 1 aromatic heterocycles. The van der Waals surface area contributed by atoms with Crippen LogP contribution in [0.5, 0.6) is 0 Å². The minimum atomic E-state index is -0.0622. The van der Waals surface area contributed by atoms with Crippen LogP contribution in [0.4, 0.5) is 0 Å². The SMILES string of the molecule is CC1(C)c2ccccc2-c2cc3c4ccccc4n(-c4ccc(-c5cc(-c6ccccc6)c6c7ccccc7c7ccccc7c6c5)cc4)c3cc21. The second-order valence-corrected chi connectivity index (χ2v) is 14.9. The zero-order valence-corrected chi connectivity index (χ0v) is 29.2. The van der Waals surface area contributed by atoms with Crippen LogP contribution in [0.2, 0.25) is 0 Å². The molecule has 9 aromatic carbocycles. The maximum absolute atomic E-state index is 2.46. The molecule has 10 aromatic rings. The van der Waals surface area contributed by atoms with Crippen molar-refractivity contribution in [2.45, 2.75) is 19.3 Å². The summed E-state index contributed by atoms with van der Waals surface area (Å²) in [6, 6.07) is 65.3. The minimum Gasteiger partial charge on any atom is -0.309 e. The zero-order chi connectivity index (χ0) is 34.6. The lowest BCUT2D eigenvalue weighted by molar-refractivity contribution is 0.661. The Labute approximate surface area is 303 Å². The van der Waals surface area contributed by atoms with E-state index in [0.29, 0.717) is 0 Å². The molecule has 0 unspecified atom stereocenters. The van der Waals surface area contributed by atoms with Crippen molar-refractivity contribution in [2.75, 3.05) is 0 Å². The Hall–Kier alpha value is -6.44. The van der Waals surface area contributed by atoms with E-state index in [1.54, 1.807) is 0 Å². The van der Waals surface area contributed by atoms with E-state index in [1.807, 2.05) is 0 Å². The molecule has 1 nitrogen and oxygen atoms in total. The molecule has 0 bridgehead atoms. The summed E-state index contributed by atoms with van der Waals surface area (Å²) in [6.45, 7) is 4.73. The molecule has 1 heterocycles. The molecule has 1 aliphatic rings. The van der Waals surface area contributed by atoms with Crippen molar-refractivity contribution >= 4 is 54.1 Å². The fourth-order valence-electron chi connectivity index (χ4n) is 9.29. The third-order valence-corrected chi connectivity index (χ3v) is 11.8. The average Bonchev–Trinajstić information content (AvgIpc) is 3.65. The van der Waals surface area contributed by atoms with Gasteiger partial charge < -0.3 is 4.57 Å². The van der Waals surface area contributed by atoms with Gasteiger partial charge in [0.25, 0.3) is 0 Å². The monoisotopic (exact) mass is 661 g/mol. The molecule has 0 radical (unpaired) electrons. The molecule has 0 spiro atoms. The van der Waals surface area contributed by atoms with Crippen molar-refractivity contribution in [1.82, 2.24) is 4.57 Å². The van der Waals surface area contributed by atoms with Crippen molar-refractivity contribution in [3.63, 3.8) is 0 Å². The maximum atomic E-state index is 2.46. The van der Waals surface area contributed by atoms with Crippen LogP contribution >= 0.6 is 0 Å². The summed E-state index contributed by atoms with van der Waals surface area (Å²) < 4.78 is 2.46. The van der Waals surface area contributed by atoms with E-state index in [2.05, 4.69) is 194 Å². The molecule has 1 aliphatic carbocycles.